The number of rotatable bonds is 6. The van der Waals surface area contributed by atoms with E-state index in [9.17, 15) is 0 Å². The summed E-state index contributed by atoms with van der Waals surface area (Å²) in [6.45, 7) is 0. The van der Waals surface area contributed by atoms with E-state index in [0.717, 1.165) is 83.6 Å². The van der Waals surface area contributed by atoms with Gasteiger partial charge in [-0.15, -0.1) is 0 Å². The van der Waals surface area contributed by atoms with E-state index in [4.69, 9.17) is 19.9 Å². The summed E-state index contributed by atoms with van der Waals surface area (Å²) in [4.78, 5) is 20.4. The van der Waals surface area contributed by atoms with Crippen LogP contribution < -0.4 is 0 Å². The highest BCUT2D eigenvalue weighted by atomic mass is 15.1. The van der Waals surface area contributed by atoms with E-state index in [-0.39, 0.29) is 0 Å². The summed E-state index contributed by atoms with van der Waals surface area (Å²) in [5.41, 5.74) is 14.0. The van der Waals surface area contributed by atoms with Crippen LogP contribution in [0.1, 0.15) is 0 Å². The monoisotopic (exact) mass is 677 g/mol. The highest BCUT2D eigenvalue weighted by molar-refractivity contribution is 6.09. The van der Waals surface area contributed by atoms with Crippen LogP contribution in [0.5, 0.6) is 0 Å². The molecule has 0 aliphatic rings. The van der Waals surface area contributed by atoms with Gasteiger partial charge < -0.3 is 0 Å². The van der Waals surface area contributed by atoms with Crippen LogP contribution in [0.2, 0.25) is 0 Å². The fourth-order valence-corrected chi connectivity index (χ4v) is 7.18. The van der Waals surface area contributed by atoms with Crippen LogP contribution in [0.25, 0.3) is 95.0 Å². The zero-order valence-electron chi connectivity index (χ0n) is 28.6. The van der Waals surface area contributed by atoms with Crippen molar-refractivity contribution in [3.8, 4) is 67.4 Å². The summed E-state index contributed by atoms with van der Waals surface area (Å²) in [6.07, 6.45) is 2.02. The largest absolute Gasteiger partial charge is 0.284 e. The first kappa shape index (κ1) is 30.6. The molecular formula is C48H31N5. The summed E-state index contributed by atoms with van der Waals surface area (Å²) < 4.78 is 2.06. The van der Waals surface area contributed by atoms with E-state index < -0.39 is 0 Å². The molecule has 0 spiro atoms. The quantitative estimate of drug-likeness (QED) is 0.176. The molecule has 0 atom stereocenters. The van der Waals surface area contributed by atoms with Crippen LogP contribution in [0, 0.1) is 0 Å². The van der Waals surface area contributed by atoms with E-state index >= 15 is 0 Å². The van der Waals surface area contributed by atoms with Crippen LogP contribution in [0.4, 0.5) is 0 Å². The molecule has 5 heteroatoms. The molecule has 0 unspecified atom stereocenters. The first-order valence-electron chi connectivity index (χ1n) is 17.7. The topological polar surface area (TPSA) is 56.0 Å². The molecule has 0 aliphatic heterocycles. The highest BCUT2D eigenvalue weighted by Crippen LogP contribution is 2.35. The summed E-state index contributed by atoms with van der Waals surface area (Å²) in [7, 11) is 0. The molecule has 0 bridgehead atoms. The van der Waals surface area contributed by atoms with Gasteiger partial charge in [0.2, 0.25) is 0 Å². The Morgan fingerprint density at radius 1 is 0.340 bits per heavy atom. The van der Waals surface area contributed by atoms with Crippen LogP contribution >= 0.6 is 0 Å². The number of hydrogen-bond donors (Lipinski definition) is 0. The van der Waals surface area contributed by atoms with E-state index in [2.05, 4.69) is 144 Å². The number of fused-ring (bicyclic) bond motifs is 5. The van der Waals surface area contributed by atoms with Crippen molar-refractivity contribution in [2.75, 3.05) is 0 Å². The second-order valence-corrected chi connectivity index (χ2v) is 13.2. The van der Waals surface area contributed by atoms with Crippen molar-refractivity contribution in [1.29, 1.82) is 0 Å². The first-order chi connectivity index (χ1) is 26.2. The number of nitrogens with zero attached hydrogens (tertiary/aromatic N) is 5. The van der Waals surface area contributed by atoms with Gasteiger partial charge in [0.15, 0.2) is 11.5 Å². The molecule has 53 heavy (non-hydrogen) atoms. The van der Waals surface area contributed by atoms with Gasteiger partial charge in [-0.3, -0.25) is 4.40 Å². The maximum atomic E-state index is 5.19. The average Bonchev–Trinajstić information content (AvgIpc) is 3.63. The molecule has 0 amide bonds. The van der Waals surface area contributed by atoms with Crippen LogP contribution in [-0.2, 0) is 0 Å². The Bertz CT molecular complexity index is 2930. The van der Waals surface area contributed by atoms with Crippen LogP contribution in [0.3, 0.4) is 0 Å². The van der Waals surface area contributed by atoms with Gasteiger partial charge in [0.1, 0.15) is 11.2 Å². The molecule has 4 heterocycles. The van der Waals surface area contributed by atoms with Gasteiger partial charge in [-0.2, -0.15) is 0 Å². The molecule has 5 nitrogen and oxygen atoms in total. The number of benzene rings is 6. The number of pyridine rings is 2. The van der Waals surface area contributed by atoms with Crippen LogP contribution in [0.15, 0.2) is 188 Å². The van der Waals surface area contributed by atoms with E-state index in [1.54, 1.807) is 0 Å². The summed E-state index contributed by atoms with van der Waals surface area (Å²) in [5, 5.41) is 2.18. The van der Waals surface area contributed by atoms with Crippen molar-refractivity contribution in [3.05, 3.63) is 188 Å². The Morgan fingerprint density at radius 2 is 0.887 bits per heavy atom. The van der Waals surface area contributed by atoms with Crippen molar-refractivity contribution in [3.63, 3.8) is 0 Å². The molecule has 0 saturated carbocycles. The molecule has 6 aromatic carbocycles. The molecular weight excluding hydrogens is 647 g/mol. The van der Waals surface area contributed by atoms with E-state index in [1.807, 2.05) is 48.7 Å². The SMILES string of the molecule is c1ccc(-c2cccc(-c3cc(-c4ccccc4)nc(-c4cccc(-c5ccc(-c6nc7c(nc8ccccn87)c7ccccc67)cc5)c4)n3)c2)cc1. The maximum Gasteiger partial charge on any atom is 0.165 e. The van der Waals surface area contributed by atoms with Gasteiger partial charge in [-0.05, 0) is 52.6 Å². The first-order valence-corrected chi connectivity index (χ1v) is 17.7. The summed E-state index contributed by atoms with van der Waals surface area (Å²) in [5.74, 6) is 0.682. The smallest absolute Gasteiger partial charge is 0.165 e. The fourth-order valence-electron chi connectivity index (χ4n) is 7.18. The standard InChI is InChI=1S/C48H31N5/c1-3-13-32(14-4-1)36-17-11-19-38(29-36)43-31-42(34-15-5-2-6-16-34)49-47(50-43)39-20-12-18-37(30-39)33-24-26-35(27-25-33)45-40-21-7-8-22-41(40)46-48(52-45)53-28-10-9-23-44(53)51-46/h1-31H. The van der Waals surface area contributed by atoms with E-state index in [0.29, 0.717) is 5.82 Å². The normalized spacial score (nSPS) is 11.4. The second-order valence-electron chi connectivity index (χ2n) is 13.2. The molecule has 0 aliphatic carbocycles. The molecule has 4 aromatic heterocycles. The lowest BCUT2D eigenvalue weighted by Gasteiger charge is -2.12. The number of hydrogen-bond acceptors (Lipinski definition) is 4. The Labute approximate surface area is 306 Å². The lowest BCUT2D eigenvalue weighted by atomic mass is 9.98. The third kappa shape index (κ3) is 5.61. The second kappa shape index (κ2) is 12.8. The van der Waals surface area contributed by atoms with Gasteiger partial charge in [0, 0.05) is 39.2 Å². The lowest BCUT2D eigenvalue weighted by Crippen LogP contribution is -1.96. The van der Waals surface area contributed by atoms with Gasteiger partial charge in [-0.1, -0.05) is 152 Å². The fraction of sp³-hybridized carbons (Fsp3) is 0. The lowest BCUT2D eigenvalue weighted by molar-refractivity contribution is 1.18. The molecule has 0 fully saturated rings. The Morgan fingerprint density at radius 3 is 1.64 bits per heavy atom. The summed E-state index contributed by atoms with van der Waals surface area (Å²) in [6, 6.07) is 63.0. The van der Waals surface area contributed by atoms with Crippen molar-refractivity contribution in [2.45, 2.75) is 0 Å². The zero-order chi connectivity index (χ0) is 35.1. The van der Waals surface area contributed by atoms with Crippen molar-refractivity contribution >= 4 is 27.6 Å². The Kier molecular flexibility index (Phi) is 7.40. The third-order valence-electron chi connectivity index (χ3n) is 9.83. The van der Waals surface area contributed by atoms with Crippen LogP contribution in [-0.4, -0.2) is 24.3 Å². The van der Waals surface area contributed by atoms with Crippen molar-refractivity contribution in [1.82, 2.24) is 24.3 Å². The number of aromatic nitrogens is 5. The predicted octanol–water partition coefficient (Wildman–Crippen LogP) is 11.8. The minimum absolute atomic E-state index is 0.682. The van der Waals surface area contributed by atoms with Gasteiger partial charge in [0.25, 0.3) is 0 Å². The zero-order valence-corrected chi connectivity index (χ0v) is 28.6. The Hall–Kier alpha value is -7.24. The number of imidazole rings is 1. The summed E-state index contributed by atoms with van der Waals surface area (Å²) >= 11 is 0. The van der Waals surface area contributed by atoms with Gasteiger partial charge in [-0.25, -0.2) is 19.9 Å². The van der Waals surface area contributed by atoms with Gasteiger partial charge in [0.05, 0.1) is 17.1 Å². The third-order valence-corrected chi connectivity index (χ3v) is 9.83. The molecule has 10 aromatic rings. The van der Waals surface area contributed by atoms with Gasteiger partial charge >= 0.3 is 0 Å². The molecule has 0 radical (unpaired) electrons. The molecule has 248 valence electrons. The molecule has 0 N–H and O–H groups in total. The highest BCUT2D eigenvalue weighted by Gasteiger charge is 2.16. The van der Waals surface area contributed by atoms with E-state index in [1.165, 1.54) is 5.56 Å². The minimum Gasteiger partial charge on any atom is -0.284 e. The van der Waals surface area contributed by atoms with Crippen molar-refractivity contribution < 1.29 is 0 Å². The molecule has 0 saturated heterocycles. The molecule has 10 rings (SSSR count). The average molecular weight is 678 g/mol. The predicted molar refractivity (Wildman–Crippen MR) is 216 cm³/mol. The minimum atomic E-state index is 0.682. The van der Waals surface area contributed by atoms with Crippen molar-refractivity contribution in [2.24, 2.45) is 0 Å². The maximum absolute atomic E-state index is 5.19. The Balaban J connectivity index is 1.04.